The third kappa shape index (κ3) is 3.77. The standard InChI is InChI=1S/C12H17ClN2O2S2/c1-3-18-8-5-4-7(6-8)14-12-15-10(13)9(19-12)11(16)17-2/h7-8H,3-6H2,1-2H3,(H,14,15). The highest BCUT2D eigenvalue weighted by Crippen LogP contribution is 2.34. The van der Waals surface area contributed by atoms with Gasteiger partial charge >= 0.3 is 5.97 Å². The Labute approximate surface area is 126 Å². The molecule has 1 aromatic rings. The van der Waals surface area contributed by atoms with E-state index in [0.717, 1.165) is 23.8 Å². The molecule has 1 aliphatic carbocycles. The fourth-order valence-corrected chi connectivity index (χ4v) is 4.54. The molecule has 2 unspecified atom stereocenters. The summed E-state index contributed by atoms with van der Waals surface area (Å²) in [5.74, 6) is 0.730. The number of rotatable bonds is 5. The van der Waals surface area contributed by atoms with E-state index >= 15 is 0 Å². The van der Waals surface area contributed by atoms with Crippen LogP contribution in [-0.2, 0) is 4.74 Å². The van der Waals surface area contributed by atoms with Gasteiger partial charge in [-0.25, -0.2) is 9.78 Å². The third-order valence-electron chi connectivity index (χ3n) is 3.07. The van der Waals surface area contributed by atoms with E-state index in [1.807, 2.05) is 11.8 Å². The van der Waals surface area contributed by atoms with Gasteiger partial charge in [0.1, 0.15) is 0 Å². The van der Waals surface area contributed by atoms with Crippen LogP contribution >= 0.6 is 34.7 Å². The number of nitrogens with one attached hydrogen (secondary N) is 1. The number of carbonyl (C=O) groups is 1. The van der Waals surface area contributed by atoms with Crippen molar-refractivity contribution in [1.82, 2.24) is 4.98 Å². The van der Waals surface area contributed by atoms with Gasteiger partial charge in [-0.3, -0.25) is 0 Å². The van der Waals surface area contributed by atoms with Crippen molar-refractivity contribution in [2.75, 3.05) is 18.2 Å². The van der Waals surface area contributed by atoms with Gasteiger partial charge in [-0.05, 0) is 25.0 Å². The molecule has 0 radical (unpaired) electrons. The summed E-state index contributed by atoms with van der Waals surface area (Å²) in [5, 5.41) is 5.03. The summed E-state index contributed by atoms with van der Waals surface area (Å²) in [5.41, 5.74) is 0. The number of esters is 1. The maximum atomic E-state index is 11.5. The van der Waals surface area contributed by atoms with Gasteiger partial charge in [0.25, 0.3) is 0 Å². The minimum absolute atomic E-state index is 0.219. The highest BCUT2D eigenvalue weighted by atomic mass is 35.5. The number of carbonyl (C=O) groups excluding carboxylic acids is 1. The van der Waals surface area contributed by atoms with Gasteiger partial charge in [0.15, 0.2) is 15.2 Å². The number of methoxy groups -OCH3 is 1. The Morgan fingerprint density at radius 1 is 1.63 bits per heavy atom. The minimum Gasteiger partial charge on any atom is -0.465 e. The van der Waals surface area contributed by atoms with E-state index in [1.165, 1.54) is 24.9 Å². The number of ether oxygens (including phenoxy) is 1. The minimum atomic E-state index is -0.429. The van der Waals surface area contributed by atoms with Crippen LogP contribution in [0.1, 0.15) is 35.9 Å². The molecule has 1 aromatic heterocycles. The fraction of sp³-hybridized carbons (Fsp3) is 0.667. The average Bonchev–Trinajstić information content (AvgIpc) is 2.96. The zero-order chi connectivity index (χ0) is 13.8. The molecule has 4 nitrogen and oxygen atoms in total. The Balaban J connectivity index is 1.95. The van der Waals surface area contributed by atoms with Crippen LogP contribution in [-0.4, -0.2) is 35.1 Å². The number of hydrogen-bond acceptors (Lipinski definition) is 6. The monoisotopic (exact) mass is 320 g/mol. The van der Waals surface area contributed by atoms with Crippen molar-refractivity contribution in [1.29, 1.82) is 0 Å². The van der Waals surface area contributed by atoms with E-state index in [9.17, 15) is 4.79 Å². The molecule has 7 heteroatoms. The molecule has 0 amide bonds. The van der Waals surface area contributed by atoms with Crippen molar-refractivity contribution in [2.45, 2.75) is 37.5 Å². The lowest BCUT2D eigenvalue weighted by atomic mass is 10.3. The SMILES string of the molecule is CCSC1CCC(Nc2nc(Cl)c(C(=O)OC)s2)C1. The summed E-state index contributed by atoms with van der Waals surface area (Å²) in [7, 11) is 1.34. The van der Waals surface area contributed by atoms with Gasteiger partial charge in [-0.15, -0.1) is 0 Å². The molecule has 106 valence electrons. The highest BCUT2D eigenvalue weighted by molar-refractivity contribution is 7.99. The lowest BCUT2D eigenvalue weighted by Crippen LogP contribution is -2.15. The van der Waals surface area contributed by atoms with E-state index in [4.69, 9.17) is 11.6 Å². The van der Waals surface area contributed by atoms with Crippen molar-refractivity contribution >= 4 is 45.8 Å². The van der Waals surface area contributed by atoms with Crippen LogP contribution in [0.15, 0.2) is 0 Å². The van der Waals surface area contributed by atoms with Crippen molar-refractivity contribution in [3.8, 4) is 0 Å². The van der Waals surface area contributed by atoms with Gasteiger partial charge in [0.2, 0.25) is 0 Å². The zero-order valence-electron chi connectivity index (χ0n) is 10.9. The van der Waals surface area contributed by atoms with Crippen LogP contribution in [0.5, 0.6) is 0 Å². The van der Waals surface area contributed by atoms with E-state index in [2.05, 4.69) is 22.0 Å². The number of hydrogen-bond donors (Lipinski definition) is 1. The van der Waals surface area contributed by atoms with Crippen LogP contribution < -0.4 is 5.32 Å². The van der Waals surface area contributed by atoms with Gasteiger partial charge < -0.3 is 10.1 Å². The van der Waals surface area contributed by atoms with Crippen molar-refractivity contribution in [2.24, 2.45) is 0 Å². The Morgan fingerprint density at radius 3 is 3.11 bits per heavy atom. The molecule has 2 atom stereocenters. The maximum Gasteiger partial charge on any atom is 0.351 e. The zero-order valence-corrected chi connectivity index (χ0v) is 13.3. The Bertz CT molecular complexity index is 453. The number of halogens is 1. The predicted molar refractivity (Wildman–Crippen MR) is 81.6 cm³/mol. The second kappa shape index (κ2) is 6.81. The first-order valence-corrected chi connectivity index (χ1v) is 8.51. The molecule has 1 aliphatic rings. The second-order valence-electron chi connectivity index (χ2n) is 4.36. The smallest absolute Gasteiger partial charge is 0.351 e. The van der Waals surface area contributed by atoms with E-state index in [1.54, 1.807) is 0 Å². The molecule has 2 rings (SSSR count). The normalized spacial score (nSPS) is 22.5. The fourth-order valence-electron chi connectivity index (χ4n) is 2.21. The van der Waals surface area contributed by atoms with Crippen molar-refractivity contribution in [3.63, 3.8) is 0 Å². The topological polar surface area (TPSA) is 51.2 Å². The molecular weight excluding hydrogens is 304 g/mol. The van der Waals surface area contributed by atoms with Crippen LogP contribution in [0.4, 0.5) is 5.13 Å². The summed E-state index contributed by atoms with van der Waals surface area (Å²) < 4.78 is 4.67. The quantitative estimate of drug-likeness (QED) is 0.839. The molecule has 1 saturated carbocycles. The largest absolute Gasteiger partial charge is 0.465 e. The van der Waals surface area contributed by atoms with Crippen LogP contribution in [0, 0.1) is 0 Å². The first-order chi connectivity index (χ1) is 9.13. The summed E-state index contributed by atoms with van der Waals surface area (Å²) >= 11 is 9.21. The Hall–Kier alpha value is -0.460. The van der Waals surface area contributed by atoms with E-state index < -0.39 is 5.97 Å². The molecular formula is C12H17ClN2O2S2. The van der Waals surface area contributed by atoms with Crippen molar-refractivity contribution < 1.29 is 9.53 Å². The van der Waals surface area contributed by atoms with Gasteiger partial charge in [0.05, 0.1) is 7.11 Å². The van der Waals surface area contributed by atoms with E-state index in [0.29, 0.717) is 16.1 Å². The molecule has 0 aromatic carbocycles. The summed E-state index contributed by atoms with van der Waals surface area (Å²) in [6.45, 7) is 2.19. The number of nitrogens with zero attached hydrogens (tertiary/aromatic N) is 1. The molecule has 0 saturated heterocycles. The van der Waals surface area contributed by atoms with Crippen LogP contribution in [0.3, 0.4) is 0 Å². The van der Waals surface area contributed by atoms with E-state index in [-0.39, 0.29) is 5.15 Å². The lowest BCUT2D eigenvalue weighted by molar-refractivity contribution is 0.0606. The van der Waals surface area contributed by atoms with Gasteiger partial charge in [-0.2, -0.15) is 11.8 Å². The Kier molecular flexibility index (Phi) is 5.36. The summed E-state index contributed by atoms with van der Waals surface area (Å²) in [4.78, 5) is 16.0. The van der Waals surface area contributed by atoms with Gasteiger partial charge in [-0.1, -0.05) is 29.9 Å². The lowest BCUT2D eigenvalue weighted by Gasteiger charge is -2.11. The number of thiazole rings is 1. The molecule has 1 heterocycles. The average molecular weight is 321 g/mol. The Morgan fingerprint density at radius 2 is 2.42 bits per heavy atom. The van der Waals surface area contributed by atoms with Crippen LogP contribution in [0.25, 0.3) is 0 Å². The highest BCUT2D eigenvalue weighted by Gasteiger charge is 2.26. The predicted octanol–water partition coefficient (Wildman–Crippen LogP) is 3.67. The molecule has 0 aliphatic heterocycles. The third-order valence-corrected chi connectivity index (χ3v) is 5.66. The number of anilines is 1. The number of thioether (sulfide) groups is 1. The molecule has 19 heavy (non-hydrogen) atoms. The van der Waals surface area contributed by atoms with Gasteiger partial charge in [0, 0.05) is 11.3 Å². The second-order valence-corrected chi connectivity index (χ2v) is 7.30. The summed E-state index contributed by atoms with van der Waals surface area (Å²) in [6, 6.07) is 0.428. The first-order valence-electron chi connectivity index (χ1n) is 6.26. The first kappa shape index (κ1) is 14.9. The van der Waals surface area contributed by atoms with Crippen LogP contribution in [0.2, 0.25) is 5.15 Å². The number of aromatic nitrogens is 1. The van der Waals surface area contributed by atoms with Crippen molar-refractivity contribution in [3.05, 3.63) is 10.0 Å². The molecule has 0 spiro atoms. The summed E-state index contributed by atoms with van der Waals surface area (Å²) in [6.07, 6.45) is 3.52. The molecule has 0 bridgehead atoms. The molecule has 1 fully saturated rings. The maximum absolute atomic E-state index is 11.5. The molecule has 1 N–H and O–H groups in total.